The van der Waals surface area contributed by atoms with Gasteiger partial charge in [-0.25, -0.2) is 9.97 Å². The number of anilines is 1. The molecular formula is C21H23N7O. The van der Waals surface area contributed by atoms with E-state index in [0.29, 0.717) is 13.1 Å². The van der Waals surface area contributed by atoms with Crippen LogP contribution in [0.3, 0.4) is 0 Å². The van der Waals surface area contributed by atoms with E-state index < -0.39 is 0 Å². The molecular weight excluding hydrogens is 366 g/mol. The van der Waals surface area contributed by atoms with Gasteiger partial charge in [-0.3, -0.25) is 9.08 Å². The minimum atomic E-state index is 0.370. The molecule has 0 unspecified atom stereocenters. The number of benzene rings is 1. The number of ether oxygens (including phenoxy) is 1. The van der Waals surface area contributed by atoms with Crippen LogP contribution in [-0.4, -0.2) is 30.8 Å². The molecule has 4 aromatic rings. The topological polar surface area (TPSA) is 95.3 Å². The Bertz CT molecular complexity index is 1210. The highest BCUT2D eigenvalue weighted by Gasteiger charge is 2.18. The molecule has 3 aromatic heterocycles. The number of hydrogen-bond acceptors (Lipinski definition) is 6. The van der Waals surface area contributed by atoms with Crippen LogP contribution >= 0.6 is 0 Å². The van der Waals surface area contributed by atoms with Crippen LogP contribution in [-0.2, 0) is 26.6 Å². The highest BCUT2D eigenvalue weighted by atomic mass is 16.5. The molecule has 1 aliphatic heterocycles. The molecule has 148 valence electrons. The van der Waals surface area contributed by atoms with Crippen LogP contribution in [0.2, 0.25) is 0 Å². The van der Waals surface area contributed by atoms with Crippen molar-refractivity contribution in [3.05, 3.63) is 59.2 Å². The molecule has 0 amide bonds. The molecule has 4 heterocycles. The Morgan fingerprint density at radius 2 is 2.21 bits per heavy atom. The van der Waals surface area contributed by atoms with Crippen LogP contribution in [0.1, 0.15) is 22.5 Å². The average molecular weight is 389 g/mol. The van der Waals surface area contributed by atoms with Crippen molar-refractivity contribution in [1.82, 2.24) is 24.1 Å². The van der Waals surface area contributed by atoms with E-state index in [2.05, 4.69) is 21.5 Å². The molecule has 8 heteroatoms. The molecule has 0 saturated heterocycles. The molecule has 29 heavy (non-hydrogen) atoms. The third-order valence-electron chi connectivity index (χ3n) is 5.30. The fourth-order valence-corrected chi connectivity index (χ4v) is 3.93. The van der Waals surface area contributed by atoms with Gasteiger partial charge in [0.15, 0.2) is 5.65 Å². The van der Waals surface area contributed by atoms with Gasteiger partial charge < -0.3 is 15.8 Å². The predicted molar refractivity (Wildman–Crippen MR) is 111 cm³/mol. The summed E-state index contributed by atoms with van der Waals surface area (Å²) in [6, 6.07) is 8.22. The van der Waals surface area contributed by atoms with Gasteiger partial charge >= 0.3 is 0 Å². The molecule has 0 bridgehead atoms. The van der Waals surface area contributed by atoms with Crippen molar-refractivity contribution in [3.8, 4) is 17.0 Å². The summed E-state index contributed by atoms with van der Waals surface area (Å²) in [5.74, 6) is 1.71. The van der Waals surface area contributed by atoms with Gasteiger partial charge in [-0.05, 0) is 24.6 Å². The van der Waals surface area contributed by atoms with Gasteiger partial charge in [0.1, 0.15) is 5.75 Å². The largest absolute Gasteiger partial charge is 0.493 e. The third kappa shape index (κ3) is 3.01. The lowest BCUT2D eigenvalue weighted by molar-refractivity contribution is 0.357. The molecule has 0 radical (unpaired) electrons. The van der Waals surface area contributed by atoms with Gasteiger partial charge in [0, 0.05) is 44.5 Å². The first-order valence-electron chi connectivity index (χ1n) is 9.69. The van der Waals surface area contributed by atoms with Gasteiger partial charge in [-0.2, -0.15) is 5.10 Å². The van der Waals surface area contributed by atoms with Gasteiger partial charge in [0.25, 0.3) is 0 Å². The summed E-state index contributed by atoms with van der Waals surface area (Å²) in [5, 5.41) is 7.92. The smallest absolute Gasteiger partial charge is 0.208 e. The summed E-state index contributed by atoms with van der Waals surface area (Å²) in [6.07, 6.45) is 4.73. The summed E-state index contributed by atoms with van der Waals surface area (Å²) in [4.78, 5) is 9.42. The van der Waals surface area contributed by atoms with Gasteiger partial charge in [-0.1, -0.05) is 12.1 Å². The first kappa shape index (κ1) is 17.7. The molecule has 3 N–H and O–H groups in total. The number of aryl methyl sites for hydroxylation is 2. The fourth-order valence-electron chi connectivity index (χ4n) is 3.93. The molecule has 0 atom stereocenters. The number of hydrogen-bond donors (Lipinski definition) is 2. The van der Waals surface area contributed by atoms with Crippen molar-refractivity contribution in [2.45, 2.75) is 26.4 Å². The first-order valence-corrected chi connectivity index (χ1v) is 9.69. The van der Waals surface area contributed by atoms with Gasteiger partial charge in [0.2, 0.25) is 5.95 Å². The van der Waals surface area contributed by atoms with E-state index >= 15 is 0 Å². The Hall–Kier alpha value is -3.39. The molecule has 0 spiro atoms. The van der Waals surface area contributed by atoms with Crippen molar-refractivity contribution in [2.24, 2.45) is 12.8 Å². The maximum absolute atomic E-state index is 5.86. The first-order chi connectivity index (χ1) is 14.1. The van der Waals surface area contributed by atoms with E-state index in [1.165, 1.54) is 11.1 Å². The average Bonchev–Trinajstić information content (AvgIpc) is 3.44. The maximum atomic E-state index is 5.86. The second-order valence-corrected chi connectivity index (χ2v) is 7.27. The van der Waals surface area contributed by atoms with Crippen molar-refractivity contribution in [2.75, 3.05) is 11.9 Å². The van der Waals surface area contributed by atoms with Gasteiger partial charge in [0.05, 0.1) is 29.3 Å². The minimum absolute atomic E-state index is 0.370. The lowest BCUT2D eigenvalue weighted by Crippen LogP contribution is -2.08. The van der Waals surface area contributed by atoms with Crippen LogP contribution in [0.15, 0.2) is 36.7 Å². The monoisotopic (exact) mass is 389 g/mol. The Morgan fingerprint density at radius 3 is 3.00 bits per heavy atom. The molecule has 8 nitrogen and oxygen atoms in total. The lowest BCUT2D eigenvalue weighted by atomic mass is 10.1. The number of fused-ring (bicyclic) bond motifs is 2. The van der Waals surface area contributed by atoms with Crippen LogP contribution in [0.25, 0.3) is 16.9 Å². The molecule has 5 rings (SSSR count). The molecule has 0 aliphatic carbocycles. The summed E-state index contributed by atoms with van der Waals surface area (Å²) in [5.41, 5.74) is 12.8. The minimum Gasteiger partial charge on any atom is -0.493 e. The van der Waals surface area contributed by atoms with E-state index in [9.17, 15) is 0 Å². The zero-order valence-corrected chi connectivity index (χ0v) is 16.5. The second-order valence-electron chi connectivity index (χ2n) is 7.27. The number of nitrogens with two attached hydrogens (primary N) is 1. The zero-order valence-electron chi connectivity index (χ0n) is 16.5. The summed E-state index contributed by atoms with van der Waals surface area (Å²) in [7, 11) is 1.93. The molecule has 0 saturated carbocycles. The Labute approximate surface area is 168 Å². The van der Waals surface area contributed by atoms with Crippen molar-refractivity contribution < 1.29 is 4.74 Å². The molecule has 1 aromatic carbocycles. The number of nitrogens with zero attached hydrogens (tertiary/aromatic N) is 5. The van der Waals surface area contributed by atoms with Crippen molar-refractivity contribution in [3.63, 3.8) is 0 Å². The van der Waals surface area contributed by atoms with E-state index in [4.69, 9.17) is 15.5 Å². The number of aromatic nitrogens is 5. The second kappa shape index (κ2) is 6.89. The Kier molecular flexibility index (Phi) is 4.21. The zero-order chi connectivity index (χ0) is 20.0. The summed E-state index contributed by atoms with van der Waals surface area (Å²) in [6.45, 7) is 3.75. The highest BCUT2D eigenvalue weighted by Crippen LogP contribution is 2.29. The van der Waals surface area contributed by atoms with Crippen LogP contribution in [0.4, 0.5) is 5.95 Å². The Morgan fingerprint density at radius 1 is 1.31 bits per heavy atom. The van der Waals surface area contributed by atoms with E-state index in [1.807, 2.05) is 53.6 Å². The van der Waals surface area contributed by atoms with Crippen molar-refractivity contribution >= 4 is 11.6 Å². The van der Waals surface area contributed by atoms with Crippen LogP contribution in [0.5, 0.6) is 5.75 Å². The quantitative estimate of drug-likeness (QED) is 0.544. The van der Waals surface area contributed by atoms with E-state index in [0.717, 1.165) is 53.0 Å². The number of nitrogens with one attached hydrogen (secondary N) is 1. The highest BCUT2D eigenvalue weighted by molar-refractivity contribution is 5.76. The SMILES string of the molecule is Cc1cc(-c2cnc(NCc3cccc4c3CCO4)n3cc(CN)nc23)n(C)n1. The molecule has 1 aliphatic rings. The van der Waals surface area contributed by atoms with Crippen LogP contribution in [0, 0.1) is 6.92 Å². The summed E-state index contributed by atoms with van der Waals surface area (Å²) >= 11 is 0. The fraction of sp³-hybridized carbons (Fsp3) is 0.286. The Balaban J connectivity index is 1.54. The lowest BCUT2D eigenvalue weighted by Gasteiger charge is -2.12. The predicted octanol–water partition coefficient (Wildman–Crippen LogP) is 2.44. The molecule has 0 fully saturated rings. The third-order valence-corrected chi connectivity index (χ3v) is 5.30. The van der Waals surface area contributed by atoms with Crippen molar-refractivity contribution in [1.29, 1.82) is 0 Å². The van der Waals surface area contributed by atoms with E-state index in [-0.39, 0.29) is 0 Å². The van der Waals surface area contributed by atoms with E-state index in [1.54, 1.807) is 0 Å². The number of rotatable bonds is 5. The normalized spacial score (nSPS) is 12.9. The standard InChI is InChI=1S/C21H23N7O/c1-13-8-18(27(2)26-13)17-11-24-21(28-12-15(9-22)25-20(17)28)23-10-14-4-3-5-19-16(14)6-7-29-19/h3-5,8,11-12H,6-7,9-10,22H2,1-2H3,(H,23,24). The van der Waals surface area contributed by atoms with Crippen LogP contribution < -0.4 is 15.8 Å². The van der Waals surface area contributed by atoms with Gasteiger partial charge in [-0.15, -0.1) is 0 Å². The number of imidazole rings is 1. The summed E-state index contributed by atoms with van der Waals surface area (Å²) < 4.78 is 9.50. The maximum Gasteiger partial charge on any atom is 0.208 e.